The molecule has 0 unspecified atom stereocenters. The van der Waals surface area contributed by atoms with Crippen molar-refractivity contribution >= 4 is 17.4 Å². The molecule has 0 saturated carbocycles. The second-order valence-electron chi connectivity index (χ2n) is 8.33. The van der Waals surface area contributed by atoms with Gasteiger partial charge in [-0.05, 0) is 61.1 Å². The Hall–Kier alpha value is -3.41. The van der Waals surface area contributed by atoms with Crippen LogP contribution in [0.5, 0.6) is 5.75 Å². The summed E-state index contributed by atoms with van der Waals surface area (Å²) < 4.78 is 5.72. The van der Waals surface area contributed by atoms with Crippen LogP contribution < -0.4 is 15.0 Å². The zero-order valence-electron chi connectivity index (χ0n) is 18.8. The maximum absolute atomic E-state index is 12.4. The molecule has 1 aromatic heterocycles. The zero-order valence-corrected chi connectivity index (χ0v) is 18.8. The fourth-order valence-corrected chi connectivity index (χ4v) is 3.92. The lowest BCUT2D eigenvalue weighted by Crippen LogP contribution is -2.33. The van der Waals surface area contributed by atoms with Crippen molar-refractivity contribution in [3.05, 3.63) is 66.2 Å². The van der Waals surface area contributed by atoms with Gasteiger partial charge < -0.3 is 15.0 Å². The minimum atomic E-state index is -0.200. The Morgan fingerprint density at radius 1 is 1.06 bits per heavy atom. The van der Waals surface area contributed by atoms with E-state index in [9.17, 15) is 4.79 Å². The van der Waals surface area contributed by atoms with Gasteiger partial charge in [-0.1, -0.05) is 44.2 Å². The van der Waals surface area contributed by atoms with E-state index in [4.69, 9.17) is 4.74 Å². The predicted molar refractivity (Wildman–Crippen MR) is 128 cm³/mol. The summed E-state index contributed by atoms with van der Waals surface area (Å²) in [6.45, 7) is 6.39. The van der Waals surface area contributed by atoms with Crippen LogP contribution in [0.2, 0.25) is 0 Å². The van der Waals surface area contributed by atoms with E-state index < -0.39 is 0 Å². The standard InChI is InChI=1S/C26H30N4O2/c1-3-20-7-4-5-10-24(20)32-18-26(31)27-22-9-6-8-21(17-22)23-11-12-25(29-28-23)30-15-13-19(2)14-16-30/h4-12,17,19H,3,13-16,18H2,1-2H3,(H,27,31). The van der Waals surface area contributed by atoms with Gasteiger partial charge in [-0.15, -0.1) is 10.2 Å². The minimum absolute atomic E-state index is 0.0375. The fraction of sp³-hybridized carbons (Fsp3) is 0.346. The quantitative estimate of drug-likeness (QED) is 0.574. The molecule has 3 aromatic rings. The Balaban J connectivity index is 1.37. The third kappa shape index (κ3) is 5.44. The summed E-state index contributed by atoms with van der Waals surface area (Å²) in [6, 6.07) is 19.4. The highest BCUT2D eigenvalue weighted by Crippen LogP contribution is 2.24. The summed E-state index contributed by atoms with van der Waals surface area (Å²) in [5, 5.41) is 11.8. The van der Waals surface area contributed by atoms with Gasteiger partial charge in [0.25, 0.3) is 5.91 Å². The Kier molecular flexibility index (Phi) is 7.00. The molecule has 0 bridgehead atoms. The molecule has 1 amide bonds. The van der Waals surface area contributed by atoms with Gasteiger partial charge in [0.2, 0.25) is 0 Å². The zero-order chi connectivity index (χ0) is 22.3. The number of para-hydroxylation sites is 1. The number of benzene rings is 2. The largest absolute Gasteiger partial charge is 0.483 e. The van der Waals surface area contributed by atoms with Gasteiger partial charge >= 0.3 is 0 Å². The first-order valence-corrected chi connectivity index (χ1v) is 11.3. The summed E-state index contributed by atoms with van der Waals surface area (Å²) in [6.07, 6.45) is 3.24. The molecule has 1 aliphatic heterocycles. The Morgan fingerprint density at radius 2 is 1.88 bits per heavy atom. The summed E-state index contributed by atoms with van der Waals surface area (Å²) in [7, 11) is 0. The fourth-order valence-electron chi connectivity index (χ4n) is 3.92. The lowest BCUT2D eigenvalue weighted by Gasteiger charge is -2.30. The molecule has 2 aromatic carbocycles. The van der Waals surface area contributed by atoms with E-state index in [1.54, 1.807) is 0 Å². The smallest absolute Gasteiger partial charge is 0.262 e. The number of piperidine rings is 1. The van der Waals surface area contributed by atoms with Crippen molar-refractivity contribution in [3.8, 4) is 17.0 Å². The second kappa shape index (κ2) is 10.3. The molecule has 0 spiro atoms. The van der Waals surface area contributed by atoms with Crippen LogP contribution in [0.3, 0.4) is 0 Å². The molecule has 1 N–H and O–H groups in total. The van der Waals surface area contributed by atoms with E-state index in [1.165, 1.54) is 12.8 Å². The average Bonchev–Trinajstić information content (AvgIpc) is 2.84. The van der Waals surface area contributed by atoms with Gasteiger partial charge in [-0.25, -0.2) is 0 Å². The molecule has 0 atom stereocenters. The summed E-state index contributed by atoms with van der Waals surface area (Å²) in [4.78, 5) is 14.7. The van der Waals surface area contributed by atoms with E-state index in [-0.39, 0.29) is 12.5 Å². The monoisotopic (exact) mass is 430 g/mol. The van der Waals surface area contributed by atoms with Gasteiger partial charge in [0, 0.05) is 24.3 Å². The van der Waals surface area contributed by atoms with E-state index in [1.807, 2.05) is 60.7 Å². The first-order valence-electron chi connectivity index (χ1n) is 11.3. The second-order valence-corrected chi connectivity index (χ2v) is 8.33. The molecule has 6 heteroatoms. The number of ether oxygens (including phenoxy) is 1. The van der Waals surface area contributed by atoms with Gasteiger partial charge in [-0.2, -0.15) is 0 Å². The highest BCUT2D eigenvalue weighted by atomic mass is 16.5. The highest BCUT2D eigenvalue weighted by Gasteiger charge is 2.17. The summed E-state index contributed by atoms with van der Waals surface area (Å²) in [5.41, 5.74) is 3.48. The van der Waals surface area contributed by atoms with Crippen LogP contribution in [0.15, 0.2) is 60.7 Å². The van der Waals surface area contributed by atoms with Crippen LogP contribution in [0.4, 0.5) is 11.5 Å². The molecule has 6 nitrogen and oxygen atoms in total. The topological polar surface area (TPSA) is 67.3 Å². The number of nitrogens with zero attached hydrogens (tertiary/aromatic N) is 3. The molecular weight excluding hydrogens is 400 g/mol. The van der Waals surface area contributed by atoms with Crippen molar-refractivity contribution in [2.24, 2.45) is 5.92 Å². The lowest BCUT2D eigenvalue weighted by molar-refractivity contribution is -0.118. The van der Waals surface area contributed by atoms with Crippen molar-refractivity contribution in [1.29, 1.82) is 0 Å². The first-order chi connectivity index (χ1) is 15.6. The number of nitrogens with one attached hydrogen (secondary N) is 1. The molecule has 1 fully saturated rings. The molecular formula is C26H30N4O2. The number of anilines is 2. The maximum atomic E-state index is 12.4. The molecule has 2 heterocycles. The number of carbonyl (C=O) groups excluding carboxylic acids is 1. The maximum Gasteiger partial charge on any atom is 0.262 e. The molecule has 0 radical (unpaired) electrons. The van der Waals surface area contributed by atoms with Crippen molar-refractivity contribution < 1.29 is 9.53 Å². The SMILES string of the molecule is CCc1ccccc1OCC(=O)Nc1cccc(-c2ccc(N3CCC(C)CC3)nn2)c1. The number of hydrogen-bond donors (Lipinski definition) is 1. The molecule has 166 valence electrons. The molecule has 1 aliphatic rings. The van der Waals surface area contributed by atoms with Crippen molar-refractivity contribution in [3.63, 3.8) is 0 Å². The average molecular weight is 431 g/mol. The Bertz CT molecular complexity index is 1040. The number of amides is 1. The predicted octanol–water partition coefficient (Wildman–Crippen LogP) is 4.96. The van der Waals surface area contributed by atoms with Crippen LogP contribution in [0, 0.1) is 5.92 Å². The summed E-state index contributed by atoms with van der Waals surface area (Å²) >= 11 is 0. The lowest BCUT2D eigenvalue weighted by atomic mass is 9.99. The Labute approximate surface area is 189 Å². The van der Waals surface area contributed by atoms with Gasteiger partial charge in [0.15, 0.2) is 12.4 Å². The number of carbonyl (C=O) groups is 1. The molecule has 32 heavy (non-hydrogen) atoms. The van der Waals surface area contributed by atoms with E-state index in [0.717, 1.165) is 53.8 Å². The van der Waals surface area contributed by atoms with E-state index in [2.05, 4.69) is 34.3 Å². The minimum Gasteiger partial charge on any atom is -0.483 e. The summed E-state index contributed by atoms with van der Waals surface area (Å²) in [5.74, 6) is 2.25. The van der Waals surface area contributed by atoms with Gasteiger partial charge in [0.05, 0.1) is 5.69 Å². The third-order valence-electron chi connectivity index (χ3n) is 5.91. The van der Waals surface area contributed by atoms with Crippen LogP contribution in [-0.4, -0.2) is 35.8 Å². The number of rotatable bonds is 7. The van der Waals surface area contributed by atoms with Crippen LogP contribution >= 0.6 is 0 Å². The van der Waals surface area contributed by atoms with Gasteiger partial charge in [0.1, 0.15) is 5.75 Å². The van der Waals surface area contributed by atoms with Crippen molar-refractivity contribution in [2.75, 3.05) is 29.9 Å². The van der Waals surface area contributed by atoms with Crippen molar-refractivity contribution in [2.45, 2.75) is 33.1 Å². The number of aromatic nitrogens is 2. The first kappa shape index (κ1) is 21.8. The molecule has 1 saturated heterocycles. The van der Waals surface area contributed by atoms with Crippen LogP contribution in [0.25, 0.3) is 11.3 Å². The normalized spacial score (nSPS) is 14.2. The number of aryl methyl sites for hydroxylation is 1. The number of hydrogen-bond acceptors (Lipinski definition) is 5. The molecule has 0 aliphatic carbocycles. The van der Waals surface area contributed by atoms with E-state index >= 15 is 0 Å². The van der Waals surface area contributed by atoms with Crippen LogP contribution in [0.1, 0.15) is 32.3 Å². The van der Waals surface area contributed by atoms with E-state index in [0.29, 0.717) is 5.69 Å². The third-order valence-corrected chi connectivity index (χ3v) is 5.91. The Morgan fingerprint density at radius 3 is 2.62 bits per heavy atom. The van der Waals surface area contributed by atoms with Gasteiger partial charge in [-0.3, -0.25) is 4.79 Å². The van der Waals surface area contributed by atoms with Crippen LogP contribution in [-0.2, 0) is 11.2 Å². The highest BCUT2D eigenvalue weighted by molar-refractivity contribution is 5.92. The van der Waals surface area contributed by atoms with Crippen molar-refractivity contribution in [1.82, 2.24) is 10.2 Å². The molecule has 4 rings (SSSR count).